The van der Waals surface area contributed by atoms with Gasteiger partial charge in [0.2, 0.25) is 0 Å². The summed E-state index contributed by atoms with van der Waals surface area (Å²) in [5.74, 6) is 4.51. The van der Waals surface area contributed by atoms with Crippen LogP contribution in [-0.4, -0.2) is 35.1 Å². The van der Waals surface area contributed by atoms with Gasteiger partial charge in [-0.1, -0.05) is 67.0 Å². The normalized spacial score (nSPS) is 56.0. The minimum absolute atomic E-state index is 0.186. The molecule has 0 aromatic heterocycles. The standard InChI is InChI=1S/C35H58O3/c1-22(9-10-26-30(37)25(36)21-38-26)23-13-18-32(4)24(23)14-19-34(6)28(32)11-12-29-33(5)17-8-16-31(2,3)27(33)15-20-35(29,34)7/h11-12,22-30,36-37H,8-10,13-21H2,1-7H3/t22?,23?,24?,25-,26?,27?,28?,29?,30-,32-,33-,34+,35+/m0/s1. The second kappa shape index (κ2) is 9.06. The van der Waals surface area contributed by atoms with Gasteiger partial charge in [0, 0.05) is 0 Å². The van der Waals surface area contributed by atoms with Crippen LogP contribution in [0.3, 0.4) is 0 Å². The molecule has 3 heteroatoms. The average Bonchev–Trinajstić information content (AvgIpc) is 3.36. The van der Waals surface area contributed by atoms with Crippen molar-refractivity contribution in [1.29, 1.82) is 0 Å². The molecule has 0 bridgehead atoms. The molecule has 0 amide bonds. The van der Waals surface area contributed by atoms with Crippen molar-refractivity contribution in [2.75, 3.05) is 6.61 Å². The van der Waals surface area contributed by atoms with Gasteiger partial charge >= 0.3 is 0 Å². The van der Waals surface area contributed by atoms with Crippen LogP contribution in [0, 0.1) is 62.6 Å². The van der Waals surface area contributed by atoms with Crippen LogP contribution in [0.4, 0.5) is 0 Å². The Labute approximate surface area is 233 Å². The van der Waals surface area contributed by atoms with Gasteiger partial charge in [0.1, 0.15) is 12.2 Å². The number of rotatable bonds is 4. The number of aliphatic hydroxyl groups is 2. The van der Waals surface area contributed by atoms with E-state index in [9.17, 15) is 10.2 Å². The highest BCUT2D eigenvalue weighted by Crippen LogP contribution is 2.76. The number of ether oxygens (including phenoxy) is 1. The topological polar surface area (TPSA) is 49.7 Å². The highest BCUT2D eigenvalue weighted by Gasteiger charge is 2.69. The molecule has 0 radical (unpaired) electrons. The largest absolute Gasteiger partial charge is 0.388 e. The van der Waals surface area contributed by atoms with Crippen molar-refractivity contribution in [2.45, 2.75) is 137 Å². The molecule has 216 valence electrons. The first kappa shape index (κ1) is 27.8. The molecule has 5 fully saturated rings. The molecule has 0 aromatic carbocycles. The molecule has 6 rings (SSSR count). The van der Waals surface area contributed by atoms with Crippen molar-refractivity contribution in [1.82, 2.24) is 0 Å². The molecule has 0 spiro atoms. The molecule has 6 aliphatic rings. The molecule has 1 aliphatic heterocycles. The van der Waals surface area contributed by atoms with Gasteiger partial charge in [0.15, 0.2) is 0 Å². The van der Waals surface area contributed by atoms with Crippen LogP contribution >= 0.6 is 0 Å². The Morgan fingerprint density at radius 2 is 1.47 bits per heavy atom. The summed E-state index contributed by atoms with van der Waals surface area (Å²) in [6, 6.07) is 0. The molecular weight excluding hydrogens is 468 g/mol. The first-order chi connectivity index (χ1) is 17.8. The number of hydrogen-bond acceptors (Lipinski definition) is 3. The summed E-state index contributed by atoms with van der Waals surface area (Å²) < 4.78 is 5.71. The summed E-state index contributed by atoms with van der Waals surface area (Å²) in [6.45, 7) is 18.7. The summed E-state index contributed by atoms with van der Waals surface area (Å²) in [5.41, 5.74) is 2.13. The van der Waals surface area contributed by atoms with Crippen LogP contribution in [0.1, 0.15) is 119 Å². The van der Waals surface area contributed by atoms with E-state index in [1.54, 1.807) is 0 Å². The van der Waals surface area contributed by atoms with Crippen LogP contribution < -0.4 is 0 Å². The lowest BCUT2D eigenvalue weighted by molar-refractivity contribution is -0.198. The van der Waals surface area contributed by atoms with Crippen molar-refractivity contribution in [3.05, 3.63) is 12.2 Å². The minimum atomic E-state index is -0.709. The van der Waals surface area contributed by atoms with Crippen molar-refractivity contribution < 1.29 is 14.9 Å². The third kappa shape index (κ3) is 3.69. The van der Waals surface area contributed by atoms with E-state index >= 15 is 0 Å². The lowest BCUT2D eigenvalue weighted by Crippen LogP contribution is -2.64. The minimum Gasteiger partial charge on any atom is -0.388 e. The monoisotopic (exact) mass is 526 g/mol. The fraction of sp³-hybridized carbons (Fsp3) is 0.943. The lowest BCUT2D eigenvalue weighted by atomic mass is 9.33. The molecule has 3 nitrogen and oxygen atoms in total. The maximum atomic E-state index is 10.3. The van der Waals surface area contributed by atoms with E-state index in [2.05, 4.69) is 60.6 Å². The van der Waals surface area contributed by atoms with Crippen molar-refractivity contribution >= 4 is 0 Å². The Hall–Kier alpha value is -0.380. The Bertz CT molecular complexity index is 941. The van der Waals surface area contributed by atoms with Crippen molar-refractivity contribution in [2.24, 2.45) is 62.6 Å². The van der Waals surface area contributed by atoms with Gasteiger partial charge in [-0.2, -0.15) is 0 Å². The third-order valence-corrected chi connectivity index (χ3v) is 15.1. The van der Waals surface area contributed by atoms with Crippen molar-refractivity contribution in [3.63, 3.8) is 0 Å². The molecule has 1 saturated heterocycles. The summed E-state index contributed by atoms with van der Waals surface area (Å²) in [7, 11) is 0. The van der Waals surface area contributed by atoms with E-state index in [4.69, 9.17) is 4.74 Å². The van der Waals surface area contributed by atoms with Gasteiger partial charge in [-0.25, -0.2) is 0 Å². The Balaban J connectivity index is 1.24. The first-order valence-electron chi connectivity index (χ1n) is 16.4. The zero-order valence-electron chi connectivity index (χ0n) is 25.6. The predicted molar refractivity (Wildman–Crippen MR) is 155 cm³/mol. The summed E-state index contributed by atoms with van der Waals surface area (Å²) in [5, 5.41) is 20.2. The molecular formula is C35H58O3. The van der Waals surface area contributed by atoms with Gasteiger partial charge in [-0.15, -0.1) is 0 Å². The molecule has 2 N–H and O–H groups in total. The maximum absolute atomic E-state index is 10.3. The first-order valence-corrected chi connectivity index (χ1v) is 16.4. The van der Waals surface area contributed by atoms with Crippen molar-refractivity contribution in [3.8, 4) is 0 Å². The highest BCUT2D eigenvalue weighted by molar-refractivity contribution is 5.26. The van der Waals surface area contributed by atoms with E-state index < -0.39 is 12.2 Å². The van der Waals surface area contributed by atoms with E-state index in [0.717, 1.165) is 36.5 Å². The lowest BCUT2D eigenvalue weighted by Gasteiger charge is -2.71. The van der Waals surface area contributed by atoms with Crippen LogP contribution in [0.25, 0.3) is 0 Å². The van der Waals surface area contributed by atoms with Crippen LogP contribution in [0.15, 0.2) is 12.2 Å². The highest BCUT2D eigenvalue weighted by atomic mass is 16.5. The molecule has 0 aromatic rings. The quantitative estimate of drug-likeness (QED) is 0.368. The van der Waals surface area contributed by atoms with E-state index in [0.29, 0.717) is 38.9 Å². The molecule has 4 saturated carbocycles. The SMILES string of the molecule is CC(CCC1OC[C@H](O)[C@@H]1O)C1CC[C@@]2(C)C1CC[C@]1(C)C2C=CC2[C@@]3(C)CCCC(C)(C)C3CC[C@]21C. The zero-order chi connectivity index (χ0) is 27.3. The second-order valence-electron chi connectivity index (χ2n) is 17.0. The predicted octanol–water partition coefficient (Wildman–Crippen LogP) is 7.79. The van der Waals surface area contributed by atoms with Crippen LogP contribution in [0.2, 0.25) is 0 Å². The van der Waals surface area contributed by atoms with E-state index in [-0.39, 0.29) is 12.7 Å². The van der Waals surface area contributed by atoms with Gasteiger partial charge in [-0.05, 0) is 127 Å². The average molecular weight is 527 g/mol. The van der Waals surface area contributed by atoms with Gasteiger partial charge in [0.25, 0.3) is 0 Å². The van der Waals surface area contributed by atoms with Crippen LogP contribution in [-0.2, 0) is 4.74 Å². The van der Waals surface area contributed by atoms with Gasteiger partial charge < -0.3 is 14.9 Å². The van der Waals surface area contributed by atoms with E-state index in [1.807, 2.05) is 0 Å². The molecule has 38 heavy (non-hydrogen) atoms. The fourth-order valence-electron chi connectivity index (χ4n) is 12.8. The second-order valence-corrected chi connectivity index (χ2v) is 17.0. The Morgan fingerprint density at radius 1 is 0.816 bits per heavy atom. The fourth-order valence-corrected chi connectivity index (χ4v) is 12.8. The Kier molecular flexibility index (Phi) is 6.62. The summed E-state index contributed by atoms with van der Waals surface area (Å²) in [6.07, 6.45) is 18.5. The number of allylic oxidation sites excluding steroid dienone is 2. The summed E-state index contributed by atoms with van der Waals surface area (Å²) in [4.78, 5) is 0. The smallest absolute Gasteiger partial charge is 0.108 e. The number of hydrogen-bond donors (Lipinski definition) is 2. The number of fused-ring (bicyclic) bond motifs is 7. The molecule has 1 heterocycles. The van der Waals surface area contributed by atoms with Gasteiger partial charge in [0.05, 0.1) is 12.7 Å². The summed E-state index contributed by atoms with van der Waals surface area (Å²) >= 11 is 0. The molecule has 7 unspecified atom stereocenters. The molecule has 5 aliphatic carbocycles. The van der Waals surface area contributed by atoms with E-state index in [1.165, 1.54) is 57.8 Å². The molecule has 13 atom stereocenters. The number of aliphatic hydroxyl groups excluding tert-OH is 2. The zero-order valence-corrected chi connectivity index (χ0v) is 25.6. The third-order valence-electron chi connectivity index (χ3n) is 15.1. The Morgan fingerprint density at radius 3 is 2.13 bits per heavy atom. The maximum Gasteiger partial charge on any atom is 0.108 e. The van der Waals surface area contributed by atoms with Gasteiger partial charge in [-0.3, -0.25) is 0 Å². The van der Waals surface area contributed by atoms with Crippen LogP contribution in [0.5, 0.6) is 0 Å².